The Hall–Kier alpha value is -3.87. The van der Waals surface area contributed by atoms with Crippen molar-refractivity contribution in [2.75, 3.05) is 39.5 Å². The molecule has 0 unspecified atom stereocenters. The molecule has 1 aromatic heterocycles. The van der Waals surface area contributed by atoms with E-state index in [1.54, 1.807) is 31.2 Å². The van der Waals surface area contributed by atoms with Gasteiger partial charge in [0.15, 0.2) is 0 Å². The van der Waals surface area contributed by atoms with E-state index < -0.39 is 35.9 Å². The molecule has 13 heteroatoms. The molecule has 3 rings (SSSR count). The molecule has 1 amide bonds. The van der Waals surface area contributed by atoms with Crippen molar-refractivity contribution in [3.8, 4) is 11.6 Å². The number of rotatable bonds is 9. The lowest BCUT2D eigenvalue weighted by Crippen LogP contribution is -2.28. The first-order valence-electron chi connectivity index (χ1n) is 11.7. The van der Waals surface area contributed by atoms with Crippen LogP contribution in [0.5, 0.6) is 11.6 Å². The van der Waals surface area contributed by atoms with Crippen molar-refractivity contribution < 1.29 is 35.9 Å². The molecule has 0 saturated heterocycles. The van der Waals surface area contributed by atoms with Gasteiger partial charge in [-0.3, -0.25) is 4.79 Å². The number of nitrogens with one attached hydrogen (secondary N) is 1. The van der Waals surface area contributed by atoms with E-state index in [0.717, 1.165) is 10.5 Å². The van der Waals surface area contributed by atoms with Crippen LogP contribution in [-0.2, 0) is 18.9 Å². The number of nitrogens with zero attached hydrogens (tertiary/aromatic N) is 4. The molecule has 0 aliphatic carbocycles. The summed E-state index contributed by atoms with van der Waals surface area (Å²) in [5.74, 6) is -0.305. The molecule has 0 saturated carbocycles. The van der Waals surface area contributed by atoms with Crippen LogP contribution in [0.25, 0.3) is 0 Å². The Morgan fingerprint density at radius 1 is 0.974 bits per heavy atom. The Bertz CT molecular complexity index is 1280. The third-order valence-corrected chi connectivity index (χ3v) is 5.54. The van der Waals surface area contributed by atoms with Crippen LogP contribution in [0.2, 0.25) is 0 Å². The van der Waals surface area contributed by atoms with E-state index in [4.69, 9.17) is 4.74 Å². The van der Waals surface area contributed by atoms with Crippen LogP contribution in [0.15, 0.2) is 48.7 Å². The Labute approximate surface area is 221 Å². The maximum atomic E-state index is 13.3. The highest BCUT2D eigenvalue weighted by molar-refractivity contribution is 5.96. The van der Waals surface area contributed by atoms with E-state index >= 15 is 0 Å². The Morgan fingerprint density at radius 3 is 2.15 bits per heavy atom. The molecule has 3 aromatic rings. The fourth-order valence-corrected chi connectivity index (χ4v) is 3.50. The number of aromatic nitrogens is 2. The van der Waals surface area contributed by atoms with Gasteiger partial charge in [0.25, 0.3) is 5.91 Å². The van der Waals surface area contributed by atoms with Gasteiger partial charge in [-0.15, -0.1) is 0 Å². The quantitative estimate of drug-likeness (QED) is 0.334. The summed E-state index contributed by atoms with van der Waals surface area (Å²) in [6, 6.07) is 8.16. The van der Waals surface area contributed by atoms with Gasteiger partial charge < -0.3 is 19.9 Å². The van der Waals surface area contributed by atoms with E-state index in [1.807, 2.05) is 19.0 Å². The van der Waals surface area contributed by atoms with Crippen LogP contribution in [0.1, 0.15) is 32.6 Å². The number of hydrogen-bond donors (Lipinski definition) is 1. The van der Waals surface area contributed by atoms with Gasteiger partial charge in [-0.25, -0.2) is 4.98 Å². The average Bonchev–Trinajstić information content (AvgIpc) is 2.83. The van der Waals surface area contributed by atoms with Crippen molar-refractivity contribution in [1.29, 1.82) is 0 Å². The Morgan fingerprint density at radius 2 is 1.59 bits per heavy atom. The fourth-order valence-electron chi connectivity index (χ4n) is 3.50. The van der Waals surface area contributed by atoms with Gasteiger partial charge in [-0.1, -0.05) is 18.2 Å². The van der Waals surface area contributed by atoms with Crippen molar-refractivity contribution in [3.05, 3.63) is 76.5 Å². The summed E-state index contributed by atoms with van der Waals surface area (Å²) in [5.41, 5.74) is -2.66. The topological polar surface area (TPSA) is 70.6 Å². The number of para-hydroxylation sites is 1. The zero-order chi connectivity index (χ0) is 29.0. The van der Waals surface area contributed by atoms with Gasteiger partial charge in [0.1, 0.15) is 11.3 Å². The molecule has 1 heterocycles. The maximum Gasteiger partial charge on any atom is 0.416 e. The third kappa shape index (κ3) is 8.06. The first kappa shape index (κ1) is 29.7. The smallest absolute Gasteiger partial charge is 0.416 e. The summed E-state index contributed by atoms with van der Waals surface area (Å²) in [6.07, 6.45) is -8.81. The molecule has 0 aliphatic rings. The minimum Gasteiger partial charge on any atom is -0.438 e. The van der Waals surface area contributed by atoms with Crippen LogP contribution >= 0.6 is 0 Å². The first-order chi connectivity index (χ1) is 18.1. The number of halogens is 6. The van der Waals surface area contributed by atoms with Crippen LogP contribution in [0.4, 0.5) is 32.3 Å². The van der Waals surface area contributed by atoms with Crippen LogP contribution in [-0.4, -0.2) is 59.9 Å². The predicted molar refractivity (Wildman–Crippen MR) is 133 cm³/mol. The number of carbonyl (C=O) groups excluding carboxylic acids is 1. The average molecular weight is 556 g/mol. The predicted octanol–water partition coefficient (Wildman–Crippen LogP) is 5.86. The lowest BCUT2D eigenvalue weighted by atomic mass is 10.0. The van der Waals surface area contributed by atoms with Crippen molar-refractivity contribution in [3.63, 3.8) is 0 Å². The summed E-state index contributed by atoms with van der Waals surface area (Å²) in [6.45, 7) is 2.39. The molecule has 0 aliphatic heterocycles. The van der Waals surface area contributed by atoms with Gasteiger partial charge in [0.05, 0.1) is 11.1 Å². The van der Waals surface area contributed by atoms with E-state index in [-0.39, 0.29) is 29.0 Å². The van der Waals surface area contributed by atoms with Crippen molar-refractivity contribution in [2.45, 2.75) is 25.8 Å². The summed E-state index contributed by atoms with van der Waals surface area (Å²) >= 11 is 0. The molecule has 0 spiro atoms. The molecule has 0 radical (unpaired) electrons. The number of amides is 1. The normalized spacial score (nSPS) is 12.0. The highest BCUT2D eigenvalue weighted by atomic mass is 19.4. The zero-order valence-corrected chi connectivity index (χ0v) is 21.6. The lowest BCUT2D eigenvalue weighted by Gasteiger charge is -2.21. The number of aryl methyl sites for hydroxylation is 1. The lowest BCUT2D eigenvalue weighted by molar-refractivity contribution is -0.143. The van der Waals surface area contributed by atoms with Gasteiger partial charge in [-0.05, 0) is 56.4 Å². The molecule has 2 aromatic carbocycles. The van der Waals surface area contributed by atoms with E-state index in [1.165, 1.54) is 13.2 Å². The number of anilines is 1. The molecule has 0 bridgehead atoms. The summed E-state index contributed by atoms with van der Waals surface area (Å²) < 4.78 is 85.5. The number of carbonyl (C=O) groups is 1. The number of ether oxygens (including phenoxy) is 1. The molecule has 7 nitrogen and oxygen atoms in total. The molecule has 0 atom stereocenters. The largest absolute Gasteiger partial charge is 0.438 e. The SMILES string of the molecule is Cc1ccccc1Oc1nc(NCCN(C)C)ncc1C(=O)N(C)Cc1cc(C(F)(F)F)cc(C(F)(F)F)c1. The molecule has 210 valence electrons. The van der Waals surface area contributed by atoms with Gasteiger partial charge in [0, 0.05) is 32.9 Å². The molecular weight excluding hydrogens is 528 g/mol. The first-order valence-corrected chi connectivity index (χ1v) is 11.7. The minimum atomic E-state index is -5.00. The number of likely N-dealkylation sites (N-methyl/N-ethyl adjacent to an activating group) is 1. The number of benzene rings is 2. The van der Waals surface area contributed by atoms with E-state index in [2.05, 4.69) is 15.3 Å². The highest BCUT2D eigenvalue weighted by Crippen LogP contribution is 2.36. The molecule has 0 fully saturated rings. The van der Waals surface area contributed by atoms with Crippen molar-refractivity contribution in [2.24, 2.45) is 0 Å². The van der Waals surface area contributed by atoms with Gasteiger partial charge >= 0.3 is 12.4 Å². The van der Waals surface area contributed by atoms with Crippen LogP contribution in [0.3, 0.4) is 0 Å². The third-order valence-electron chi connectivity index (χ3n) is 5.54. The second-order valence-corrected chi connectivity index (χ2v) is 9.09. The van der Waals surface area contributed by atoms with Crippen molar-refractivity contribution >= 4 is 11.9 Å². The second kappa shape index (κ2) is 11.9. The fraction of sp³-hybridized carbons (Fsp3) is 0.346. The Balaban J connectivity index is 1.94. The second-order valence-electron chi connectivity index (χ2n) is 9.09. The molecular formula is C26H27F6N5O2. The standard InChI is InChI=1S/C26H27F6N5O2/c1-16-7-5-6-8-21(16)39-22-20(14-34-24(35-22)33-9-10-36(2)3)23(38)37(4)15-17-11-18(25(27,28)29)13-19(12-17)26(30,31)32/h5-8,11-14H,9-10,15H2,1-4H3,(H,33,34,35). The highest BCUT2D eigenvalue weighted by Gasteiger charge is 2.37. The van der Waals surface area contributed by atoms with Crippen LogP contribution in [0, 0.1) is 6.92 Å². The summed E-state index contributed by atoms with van der Waals surface area (Å²) in [7, 11) is 5.01. The monoisotopic (exact) mass is 555 g/mol. The summed E-state index contributed by atoms with van der Waals surface area (Å²) in [5, 5.41) is 3.01. The van der Waals surface area contributed by atoms with Gasteiger partial charge in [-0.2, -0.15) is 31.3 Å². The summed E-state index contributed by atoms with van der Waals surface area (Å²) in [4.78, 5) is 24.7. The van der Waals surface area contributed by atoms with E-state index in [0.29, 0.717) is 31.0 Å². The van der Waals surface area contributed by atoms with Crippen molar-refractivity contribution in [1.82, 2.24) is 19.8 Å². The maximum absolute atomic E-state index is 13.3. The molecule has 1 N–H and O–H groups in total. The van der Waals surface area contributed by atoms with Crippen LogP contribution < -0.4 is 10.1 Å². The van der Waals surface area contributed by atoms with E-state index in [9.17, 15) is 31.1 Å². The Kier molecular flexibility index (Phi) is 9.05. The zero-order valence-electron chi connectivity index (χ0n) is 21.6. The number of alkyl halides is 6. The number of hydrogen-bond acceptors (Lipinski definition) is 6. The van der Waals surface area contributed by atoms with Gasteiger partial charge in [0.2, 0.25) is 11.8 Å². The molecule has 39 heavy (non-hydrogen) atoms. The minimum absolute atomic E-state index is 0.0370.